The van der Waals surface area contributed by atoms with Crippen LogP contribution in [0.3, 0.4) is 0 Å². The standard InChI is InChI=1S/C15H26N4O3S/c1-17(2)10-11-19(23(5,21)22)12-15(20)16-13-6-8-14(9-7-13)18(3)4/h6-9H,10-12H2,1-5H3,(H,16,20). The maximum atomic E-state index is 12.1. The van der Waals surface area contributed by atoms with E-state index in [-0.39, 0.29) is 19.0 Å². The van der Waals surface area contributed by atoms with E-state index in [0.29, 0.717) is 12.2 Å². The Balaban J connectivity index is 2.68. The zero-order valence-electron chi connectivity index (χ0n) is 14.4. The molecule has 1 rings (SSSR count). The largest absolute Gasteiger partial charge is 0.378 e. The summed E-state index contributed by atoms with van der Waals surface area (Å²) >= 11 is 0. The van der Waals surface area contributed by atoms with Gasteiger partial charge in [0.2, 0.25) is 15.9 Å². The Kier molecular flexibility index (Phi) is 6.99. The second-order valence-electron chi connectivity index (χ2n) is 5.89. The maximum absolute atomic E-state index is 12.1. The number of nitrogens with zero attached hydrogens (tertiary/aromatic N) is 3. The van der Waals surface area contributed by atoms with E-state index in [2.05, 4.69) is 5.32 Å². The summed E-state index contributed by atoms with van der Waals surface area (Å²) in [5.74, 6) is -0.355. The average Bonchev–Trinajstić information content (AvgIpc) is 2.42. The molecule has 1 aromatic rings. The van der Waals surface area contributed by atoms with Crippen LogP contribution in [0.15, 0.2) is 24.3 Å². The average molecular weight is 342 g/mol. The van der Waals surface area contributed by atoms with E-state index in [1.54, 1.807) is 12.1 Å². The van der Waals surface area contributed by atoms with Crippen molar-refractivity contribution in [1.29, 1.82) is 0 Å². The lowest BCUT2D eigenvalue weighted by molar-refractivity contribution is -0.116. The number of rotatable bonds is 8. The van der Waals surface area contributed by atoms with Gasteiger partial charge in [-0.2, -0.15) is 4.31 Å². The van der Waals surface area contributed by atoms with Gasteiger partial charge < -0.3 is 15.1 Å². The lowest BCUT2D eigenvalue weighted by atomic mass is 10.2. The number of carbonyl (C=O) groups excluding carboxylic acids is 1. The Bertz CT molecular complexity index is 612. The fraction of sp³-hybridized carbons (Fsp3) is 0.533. The van der Waals surface area contributed by atoms with Gasteiger partial charge in [-0.15, -0.1) is 0 Å². The number of amides is 1. The van der Waals surface area contributed by atoms with Gasteiger partial charge in [0, 0.05) is 38.6 Å². The molecule has 0 spiro atoms. The predicted octanol–water partition coefficient (Wildman–Crippen LogP) is 0.514. The summed E-state index contributed by atoms with van der Waals surface area (Å²) < 4.78 is 24.7. The molecule has 1 amide bonds. The molecule has 0 saturated heterocycles. The summed E-state index contributed by atoms with van der Waals surface area (Å²) in [5, 5.41) is 2.72. The minimum absolute atomic E-state index is 0.192. The number of sulfonamides is 1. The molecule has 8 heteroatoms. The lowest BCUT2D eigenvalue weighted by Gasteiger charge is -2.21. The molecule has 0 saturated carbocycles. The zero-order valence-corrected chi connectivity index (χ0v) is 15.2. The second-order valence-corrected chi connectivity index (χ2v) is 7.87. The summed E-state index contributed by atoms with van der Waals surface area (Å²) in [6.07, 6.45) is 1.11. The van der Waals surface area contributed by atoms with Gasteiger partial charge in [-0.3, -0.25) is 4.79 Å². The summed E-state index contributed by atoms with van der Waals surface area (Å²) in [4.78, 5) is 15.9. The summed E-state index contributed by atoms with van der Waals surface area (Å²) in [6, 6.07) is 7.35. The molecule has 0 unspecified atom stereocenters. The topological polar surface area (TPSA) is 73.0 Å². The lowest BCUT2D eigenvalue weighted by Crippen LogP contribution is -2.41. The van der Waals surface area contributed by atoms with Gasteiger partial charge in [-0.1, -0.05) is 0 Å². The molecule has 0 aliphatic rings. The molecule has 0 fully saturated rings. The van der Waals surface area contributed by atoms with Crippen molar-refractivity contribution in [1.82, 2.24) is 9.21 Å². The summed E-state index contributed by atoms with van der Waals surface area (Å²) in [6.45, 7) is 0.638. The molecule has 1 aromatic carbocycles. The van der Waals surface area contributed by atoms with Crippen molar-refractivity contribution in [3.05, 3.63) is 24.3 Å². The van der Waals surface area contributed by atoms with Crippen molar-refractivity contribution in [3.63, 3.8) is 0 Å². The third-order valence-corrected chi connectivity index (χ3v) is 4.50. The smallest absolute Gasteiger partial charge is 0.239 e. The first-order valence-electron chi connectivity index (χ1n) is 7.26. The van der Waals surface area contributed by atoms with Crippen LogP contribution >= 0.6 is 0 Å². The van der Waals surface area contributed by atoms with E-state index in [4.69, 9.17) is 0 Å². The number of hydrogen-bond acceptors (Lipinski definition) is 5. The second kappa shape index (κ2) is 8.28. The van der Waals surface area contributed by atoms with Crippen LogP contribution in [-0.2, 0) is 14.8 Å². The monoisotopic (exact) mass is 342 g/mol. The van der Waals surface area contributed by atoms with E-state index >= 15 is 0 Å². The first-order chi connectivity index (χ1) is 10.6. The van der Waals surface area contributed by atoms with Crippen molar-refractivity contribution < 1.29 is 13.2 Å². The van der Waals surface area contributed by atoms with E-state index in [1.165, 1.54) is 4.31 Å². The van der Waals surface area contributed by atoms with Crippen molar-refractivity contribution in [3.8, 4) is 0 Å². The van der Waals surface area contributed by atoms with Crippen molar-refractivity contribution in [2.45, 2.75) is 0 Å². The molecule has 1 N–H and O–H groups in total. The molecular formula is C15H26N4O3S. The van der Waals surface area contributed by atoms with E-state index in [0.717, 1.165) is 11.9 Å². The molecule has 0 atom stereocenters. The number of benzene rings is 1. The maximum Gasteiger partial charge on any atom is 0.239 e. The number of anilines is 2. The van der Waals surface area contributed by atoms with Crippen LogP contribution in [0.25, 0.3) is 0 Å². The third-order valence-electron chi connectivity index (χ3n) is 3.25. The molecule has 0 bridgehead atoms. The molecule has 23 heavy (non-hydrogen) atoms. The van der Waals surface area contributed by atoms with Crippen LogP contribution in [0.1, 0.15) is 0 Å². The molecule has 0 heterocycles. The van der Waals surface area contributed by atoms with E-state index in [9.17, 15) is 13.2 Å². The van der Waals surface area contributed by atoms with Crippen LogP contribution < -0.4 is 10.2 Å². The SMILES string of the molecule is CN(C)CCN(CC(=O)Nc1ccc(N(C)C)cc1)S(C)(=O)=O. The van der Waals surface area contributed by atoms with Gasteiger partial charge in [0.05, 0.1) is 12.8 Å². The zero-order chi connectivity index (χ0) is 17.6. The minimum Gasteiger partial charge on any atom is -0.378 e. The molecule has 7 nitrogen and oxygen atoms in total. The molecule has 0 aromatic heterocycles. The number of nitrogens with one attached hydrogen (secondary N) is 1. The van der Waals surface area contributed by atoms with Gasteiger partial charge in [0.1, 0.15) is 0 Å². The number of likely N-dealkylation sites (N-methyl/N-ethyl adjacent to an activating group) is 1. The normalized spacial score (nSPS) is 11.8. The van der Waals surface area contributed by atoms with Crippen molar-refractivity contribution in [2.75, 3.05) is 64.3 Å². The van der Waals surface area contributed by atoms with Crippen LogP contribution in [0.2, 0.25) is 0 Å². The highest BCUT2D eigenvalue weighted by molar-refractivity contribution is 7.88. The van der Waals surface area contributed by atoms with Gasteiger partial charge in [-0.05, 0) is 38.4 Å². The third kappa shape index (κ3) is 6.98. The van der Waals surface area contributed by atoms with Crippen molar-refractivity contribution in [2.24, 2.45) is 0 Å². The Labute approximate surface area is 138 Å². The number of carbonyl (C=O) groups is 1. The predicted molar refractivity (Wildman–Crippen MR) is 94.4 cm³/mol. The molecule has 0 aliphatic carbocycles. The van der Waals surface area contributed by atoms with Crippen LogP contribution in [-0.4, -0.2) is 77.6 Å². The van der Waals surface area contributed by atoms with E-state index < -0.39 is 10.0 Å². The van der Waals surface area contributed by atoms with Gasteiger partial charge >= 0.3 is 0 Å². The van der Waals surface area contributed by atoms with Gasteiger partial charge in [0.15, 0.2) is 0 Å². The fourth-order valence-electron chi connectivity index (χ4n) is 1.88. The molecule has 0 radical (unpaired) electrons. The quantitative estimate of drug-likeness (QED) is 0.745. The molecule has 0 aliphatic heterocycles. The summed E-state index contributed by atoms with van der Waals surface area (Å²) in [7, 11) is 4.15. The fourth-order valence-corrected chi connectivity index (χ4v) is 2.64. The molecule has 130 valence electrons. The number of hydrogen-bond donors (Lipinski definition) is 1. The summed E-state index contributed by atoms with van der Waals surface area (Å²) in [5.41, 5.74) is 1.66. The highest BCUT2D eigenvalue weighted by Crippen LogP contribution is 2.15. The Morgan fingerprint density at radius 3 is 2.04 bits per heavy atom. The van der Waals surface area contributed by atoms with Gasteiger partial charge in [-0.25, -0.2) is 8.42 Å². The highest BCUT2D eigenvalue weighted by Gasteiger charge is 2.20. The first-order valence-corrected chi connectivity index (χ1v) is 9.11. The Morgan fingerprint density at radius 1 is 1.04 bits per heavy atom. The van der Waals surface area contributed by atoms with Crippen LogP contribution in [0.4, 0.5) is 11.4 Å². The molecular weight excluding hydrogens is 316 g/mol. The van der Waals surface area contributed by atoms with Crippen LogP contribution in [0, 0.1) is 0 Å². The van der Waals surface area contributed by atoms with E-state index in [1.807, 2.05) is 50.1 Å². The Hall–Kier alpha value is -1.64. The van der Waals surface area contributed by atoms with Crippen LogP contribution in [0.5, 0.6) is 0 Å². The first kappa shape index (κ1) is 19.4. The highest BCUT2D eigenvalue weighted by atomic mass is 32.2. The van der Waals surface area contributed by atoms with Crippen molar-refractivity contribution >= 4 is 27.3 Å². The Morgan fingerprint density at radius 2 is 1.61 bits per heavy atom. The van der Waals surface area contributed by atoms with Gasteiger partial charge in [0.25, 0.3) is 0 Å². The minimum atomic E-state index is -3.43.